The molecule has 0 saturated carbocycles. The van der Waals surface area contributed by atoms with E-state index < -0.39 is 10.0 Å². The highest BCUT2D eigenvalue weighted by Gasteiger charge is 2.38. The molecule has 0 N–H and O–H groups in total. The zero-order valence-electron chi connectivity index (χ0n) is 12.0. The van der Waals surface area contributed by atoms with Gasteiger partial charge in [-0.3, -0.25) is 0 Å². The van der Waals surface area contributed by atoms with Gasteiger partial charge in [-0.05, 0) is 38.2 Å². The SMILES string of the molecule is CC#CC1CCC(CCc2ccccc2)N1S(C)(=O)=O. The predicted octanol–water partition coefficient (Wildman–Crippen LogP) is 2.44. The number of nitrogens with zero attached hydrogens (tertiary/aromatic N) is 1. The highest BCUT2D eigenvalue weighted by atomic mass is 32.2. The van der Waals surface area contributed by atoms with E-state index in [9.17, 15) is 8.42 Å². The van der Waals surface area contributed by atoms with E-state index in [0.717, 1.165) is 25.7 Å². The summed E-state index contributed by atoms with van der Waals surface area (Å²) in [5, 5.41) is 0. The molecule has 0 amide bonds. The summed E-state index contributed by atoms with van der Waals surface area (Å²) in [7, 11) is -3.20. The van der Waals surface area contributed by atoms with Crippen molar-refractivity contribution in [2.45, 2.75) is 44.7 Å². The third-order valence-corrected chi connectivity index (χ3v) is 5.06. The van der Waals surface area contributed by atoms with Gasteiger partial charge in [0.15, 0.2) is 0 Å². The fraction of sp³-hybridized carbons (Fsp3) is 0.500. The second-order valence-electron chi connectivity index (χ2n) is 5.26. The van der Waals surface area contributed by atoms with Crippen molar-refractivity contribution in [2.75, 3.05) is 6.26 Å². The molecule has 0 aromatic heterocycles. The molecule has 3 nitrogen and oxygen atoms in total. The van der Waals surface area contributed by atoms with Gasteiger partial charge in [-0.25, -0.2) is 8.42 Å². The molecule has 20 heavy (non-hydrogen) atoms. The van der Waals surface area contributed by atoms with Crippen LogP contribution in [-0.4, -0.2) is 31.1 Å². The largest absolute Gasteiger partial charge is 0.212 e. The highest BCUT2D eigenvalue weighted by molar-refractivity contribution is 7.88. The Hall–Kier alpha value is -1.31. The van der Waals surface area contributed by atoms with Gasteiger partial charge in [0.05, 0.1) is 12.3 Å². The van der Waals surface area contributed by atoms with Crippen LogP contribution in [0.2, 0.25) is 0 Å². The van der Waals surface area contributed by atoms with E-state index >= 15 is 0 Å². The van der Waals surface area contributed by atoms with Gasteiger partial charge in [0, 0.05) is 6.04 Å². The maximum atomic E-state index is 12.0. The van der Waals surface area contributed by atoms with E-state index in [2.05, 4.69) is 24.0 Å². The molecule has 1 aromatic carbocycles. The van der Waals surface area contributed by atoms with Crippen molar-refractivity contribution in [3.8, 4) is 11.8 Å². The Morgan fingerprint density at radius 3 is 2.55 bits per heavy atom. The van der Waals surface area contributed by atoms with Crippen molar-refractivity contribution in [3.05, 3.63) is 35.9 Å². The third-order valence-electron chi connectivity index (χ3n) is 3.74. The Labute approximate surface area is 122 Å². The monoisotopic (exact) mass is 291 g/mol. The third kappa shape index (κ3) is 3.62. The van der Waals surface area contributed by atoms with E-state index in [0.29, 0.717) is 0 Å². The molecule has 2 rings (SSSR count). The predicted molar refractivity (Wildman–Crippen MR) is 81.7 cm³/mol. The summed E-state index contributed by atoms with van der Waals surface area (Å²) >= 11 is 0. The standard InChI is InChI=1S/C16H21NO2S/c1-3-7-15-12-13-16(17(15)20(2,18)19)11-10-14-8-5-4-6-9-14/h4-6,8-9,15-16H,10-13H2,1-2H3. The van der Waals surface area contributed by atoms with Gasteiger partial charge in [0.1, 0.15) is 0 Å². The minimum atomic E-state index is -3.20. The van der Waals surface area contributed by atoms with Crippen LogP contribution in [0.1, 0.15) is 31.7 Å². The number of hydrogen-bond acceptors (Lipinski definition) is 2. The minimum absolute atomic E-state index is 0.0797. The lowest BCUT2D eigenvalue weighted by Crippen LogP contribution is -2.40. The van der Waals surface area contributed by atoms with Crippen molar-refractivity contribution >= 4 is 10.0 Å². The summed E-state index contributed by atoms with van der Waals surface area (Å²) in [4.78, 5) is 0. The maximum Gasteiger partial charge on any atom is 0.212 e. The molecule has 4 heteroatoms. The summed E-state index contributed by atoms with van der Waals surface area (Å²) in [5.74, 6) is 5.88. The summed E-state index contributed by atoms with van der Waals surface area (Å²) in [5.41, 5.74) is 1.26. The lowest BCUT2D eigenvalue weighted by atomic mass is 10.0. The quantitative estimate of drug-likeness (QED) is 0.799. The van der Waals surface area contributed by atoms with Gasteiger partial charge in [0.2, 0.25) is 10.0 Å². The van der Waals surface area contributed by atoms with Crippen LogP contribution in [0.4, 0.5) is 0 Å². The molecule has 0 radical (unpaired) electrons. The van der Waals surface area contributed by atoms with Crippen LogP contribution in [0.15, 0.2) is 30.3 Å². The molecule has 1 fully saturated rings. The van der Waals surface area contributed by atoms with Crippen molar-refractivity contribution in [1.29, 1.82) is 0 Å². The van der Waals surface area contributed by atoms with E-state index in [1.54, 1.807) is 11.2 Å². The molecular weight excluding hydrogens is 270 g/mol. The van der Waals surface area contributed by atoms with Gasteiger partial charge >= 0.3 is 0 Å². The van der Waals surface area contributed by atoms with Crippen LogP contribution in [0.5, 0.6) is 0 Å². The Morgan fingerprint density at radius 1 is 1.25 bits per heavy atom. The Bertz CT molecular complexity index is 598. The first-order chi connectivity index (χ1) is 9.52. The number of benzene rings is 1. The first-order valence-electron chi connectivity index (χ1n) is 6.97. The van der Waals surface area contributed by atoms with Gasteiger partial charge in [0.25, 0.3) is 0 Å². The molecule has 1 aliphatic rings. The van der Waals surface area contributed by atoms with Crippen molar-refractivity contribution < 1.29 is 8.42 Å². The molecule has 108 valence electrons. The maximum absolute atomic E-state index is 12.0. The summed E-state index contributed by atoms with van der Waals surface area (Å²) in [6.45, 7) is 1.76. The highest BCUT2D eigenvalue weighted by Crippen LogP contribution is 2.29. The first-order valence-corrected chi connectivity index (χ1v) is 8.82. The van der Waals surface area contributed by atoms with E-state index in [-0.39, 0.29) is 12.1 Å². The van der Waals surface area contributed by atoms with Gasteiger partial charge in [-0.15, -0.1) is 5.92 Å². The lowest BCUT2D eigenvalue weighted by molar-refractivity contribution is 0.346. The Kier molecular flexibility index (Phi) is 4.85. The van der Waals surface area contributed by atoms with Crippen molar-refractivity contribution in [3.63, 3.8) is 0 Å². The second kappa shape index (κ2) is 6.43. The number of hydrogen-bond donors (Lipinski definition) is 0. The van der Waals surface area contributed by atoms with Crippen LogP contribution in [0.3, 0.4) is 0 Å². The fourth-order valence-corrected chi connectivity index (χ4v) is 4.29. The van der Waals surface area contributed by atoms with Crippen LogP contribution in [0, 0.1) is 11.8 Å². The lowest BCUT2D eigenvalue weighted by Gasteiger charge is -2.25. The summed E-state index contributed by atoms with van der Waals surface area (Å²) < 4.78 is 25.6. The Morgan fingerprint density at radius 2 is 1.95 bits per heavy atom. The first kappa shape index (κ1) is 15.1. The number of rotatable bonds is 4. The summed E-state index contributed by atoms with van der Waals surface area (Å²) in [6, 6.07) is 10.1. The molecular formula is C16H21NO2S. The van der Waals surface area contributed by atoms with Gasteiger partial charge < -0.3 is 0 Å². The van der Waals surface area contributed by atoms with Crippen molar-refractivity contribution in [1.82, 2.24) is 4.31 Å². The second-order valence-corrected chi connectivity index (χ2v) is 7.15. The smallest absolute Gasteiger partial charge is 0.212 e. The summed E-state index contributed by atoms with van der Waals surface area (Å²) in [6.07, 6.45) is 4.80. The van der Waals surface area contributed by atoms with E-state index in [1.807, 2.05) is 18.2 Å². The molecule has 0 bridgehead atoms. The fourth-order valence-electron chi connectivity index (χ4n) is 2.91. The topological polar surface area (TPSA) is 37.4 Å². The molecule has 2 unspecified atom stereocenters. The van der Waals surface area contributed by atoms with Gasteiger partial charge in [-0.2, -0.15) is 4.31 Å². The average Bonchev–Trinajstić information content (AvgIpc) is 2.81. The molecule has 0 spiro atoms. The molecule has 1 aliphatic heterocycles. The number of aryl methyl sites for hydroxylation is 1. The Balaban J connectivity index is 2.08. The minimum Gasteiger partial charge on any atom is -0.212 e. The van der Waals surface area contributed by atoms with Gasteiger partial charge in [-0.1, -0.05) is 36.3 Å². The van der Waals surface area contributed by atoms with Crippen LogP contribution in [-0.2, 0) is 16.4 Å². The molecule has 1 saturated heterocycles. The number of sulfonamides is 1. The average molecular weight is 291 g/mol. The van der Waals surface area contributed by atoms with Crippen LogP contribution >= 0.6 is 0 Å². The zero-order valence-corrected chi connectivity index (χ0v) is 12.9. The molecule has 0 aliphatic carbocycles. The van der Waals surface area contributed by atoms with E-state index in [4.69, 9.17) is 0 Å². The molecule has 1 heterocycles. The molecule has 2 atom stereocenters. The van der Waals surface area contributed by atoms with Crippen LogP contribution in [0.25, 0.3) is 0 Å². The molecule has 1 aromatic rings. The van der Waals surface area contributed by atoms with Crippen molar-refractivity contribution in [2.24, 2.45) is 0 Å². The van der Waals surface area contributed by atoms with Crippen LogP contribution < -0.4 is 0 Å². The van der Waals surface area contributed by atoms with E-state index in [1.165, 1.54) is 11.8 Å². The zero-order chi connectivity index (χ0) is 14.6. The normalized spacial score (nSPS) is 23.3.